The van der Waals surface area contributed by atoms with Crippen LogP contribution in [-0.2, 0) is 32.0 Å². The predicted molar refractivity (Wildman–Crippen MR) is 142 cm³/mol. The van der Waals surface area contributed by atoms with E-state index in [0.717, 1.165) is 16.5 Å². The maximum atomic E-state index is 13.1. The number of nitrogens with two attached hydrogens (primary N) is 1. The van der Waals surface area contributed by atoms with Gasteiger partial charge in [-0.15, -0.1) is 0 Å². The van der Waals surface area contributed by atoms with E-state index in [2.05, 4.69) is 20.9 Å². The van der Waals surface area contributed by atoms with Crippen molar-refractivity contribution in [3.63, 3.8) is 0 Å². The number of nitrogens with one attached hydrogen (secondary N) is 4. The lowest BCUT2D eigenvalue weighted by molar-refractivity contribution is -0.145. The second-order valence-corrected chi connectivity index (χ2v) is 9.23. The van der Waals surface area contributed by atoms with Crippen LogP contribution in [0.2, 0.25) is 0 Å². The molecule has 0 saturated heterocycles. The molecule has 12 nitrogen and oxygen atoms in total. The number of rotatable bonds is 13. The first-order valence-corrected chi connectivity index (χ1v) is 12.4. The normalized spacial score (nSPS) is 15.0. The van der Waals surface area contributed by atoms with Gasteiger partial charge in [0.1, 0.15) is 12.1 Å². The van der Waals surface area contributed by atoms with E-state index in [1.807, 2.05) is 24.3 Å². The molecule has 1 heterocycles. The zero-order valence-electron chi connectivity index (χ0n) is 21.3. The van der Waals surface area contributed by atoms with E-state index in [1.54, 1.807) is 36.5 Å². The molecule has 0 aliphatic rings. The smallest absolute Gasteiger partial charge is 0.328 e. The number of aromatic amines is 1. The molecule has 5 unspecified atom stereocenters. The van der Waals surface area contributed by atoms with Crippen molar-refractivity contribution in [3.8, 4) is 0 Å². The highest BCUT2D eigenvalue weighted by Crippen LogP contribution is 2.19. The molecule has 3 aromatic rings. The number of H-pyrrole nitrogens is 1. The van der Waals surface area contributed by atoms with Crippen molar-refractivity contribution >= 4 is 34.6 Å². The van der Waals surface area contributed by atoms with E-state index >= 15 is 0 Å². The number of para-hydroxylation sites is 1. The summed E-state index contributed by atoms with van der Waals surface area (Å²) in [5.41, 5.74) is 8.24. The molecule has 12 heteroatoms. The van der Waals surface area contributed by atoms with Crippen molar-refractivity contribution < 1.29 is 34.5 Å². The predicted octanol–water partition coefficient (Wildman–Crippen LogP) is -0.807. The molecule has 5 atom stereocenters. The monoisotopic (exact) mass is 539 g/mol. The highest BCUT2D eigenvalue weighted by molar-refractivity contribution is 5.95. The number of aromatic nitrogens is 1. The van der Waals surface area contributed by atoms with Gasteiger partial charge in [0.2, 0.25) is 17.7 Å². The second kappa shape index (κ2) is 13.5. The van der Waals surface area contributed by atoms with Crippen LogP contribution < -0.4 is 21.7 Å². The van der Waals surface area contributed by atoms with Gasteiger partial charge in [-0.05, 0) is 30.5 Å². The molecule has 0 saturated carbocycles. The Kier molecular flexibility index (Phi) is 10.1. The molecule has 9 N–H and O–H groups in total. The van der Waals surface area contributed by atoms with E-state index in [0.29, 0.717) is 5.56 Å². The minimum atomic E-state index is -1.62. The Morgan fingerprint density at radius 1 is 0.872 bits per heavy atom. The molecule has 208 valence electrons. The number of aliphatic hydroxyl groups is 2. The van der Waals surface area contributed by atoms with Crippen LogP contribution in [0.15, 0.2) is 60.8 Å². The maximum absolute atomic E-state index is 13.1. The third-order valence-corrected chi connectivity index (χ3v) is 6.23. The molecule has 2 aromatic carbocycles. The summed E-state index contributed by atoms with van der Waals surface area (Å²) in [6, 6.07) is 11.0. The fraction of sp³-hybridized carbons (Fsp3) is 0.333. The molecule has 39 heavy (non-hydrogen) atoms. The minimum Gasteiger partial charge on any atom is -0.480 e. The van der Waals surface area contributed by atoms with E-state index in [-0.39, 0.29) is 12.8 Å². The van der Waals surface area contributed by atoms with Crippen molar-refractivity contribution in [2.75, 3.05) is 6.61 Å². The summed E-state index contributed by atoms with van der Waals surface area (Å²) in [6.45, 7) is 0.435. The number of carbonyl (C=O) groups excluding carboxylic acids is 3. The summed E-state index contributed by atoms with van der Waals surface area (Å²) in [5.74, 6) is -3.87. The van der Waals surface area contributed by atoms with Crippen LogP contribution in [0.4, 0.5) is 0 Å². The first kappa shape index (κ1) is 29.3. The standard InChI is InChI=1S/C27H33N5O7/c1-15(34)23(27(38)39)32-25(36)21(12-17-13-29-20-10-6-5-9-18(17)20)30-26(37)22(14-33)31-24(35)19(28)11-16-7-3-2-4-8-16/h2-10,13,15,19,21-23,29,33-34H,11-12,14,28H2,1H3,(H,30,37)(H,31,35)(H,32,36)(H,38,39). The number of aliphatic carboxylic acids is 1. The fourth-order valence-electron chi connectivity index (χ4n) is 4.08. The third-order valence-electron chi connectivity index (χ3n) is 6.23. The number of hydrogen-bond donors (Lipinski definition) is 8. The minimum absolute atomic E-state index is 0.0483. The molecule has 1 aromatic heterocycles. The van der Waals surface area contributed by atoms with Crippen LogP contribution in [-0.4, -0.2) is 80.9 Å². The molecule has 3 amide bonds. The van der Waals surface area contributed by atoms with E-state index in [1.165, 1.54) is 6.92 Å². The summed E-state index contributed by atoms with van der Waals surface area (Å²) in [6.07, 6.45) is 0.404. The molecule has 0 aliphatic heterocycles. The van der Waals surface area contributed by atoms with Gasteiger partial charge in [-0.25, -0.2) is 4.79 Å². The number of carboxylic acids is 1. The molecule has 0 spiro atoms. The first-order valence-electron chi connectivity index (χ1n) is 12.4. The van der Waals surface area contributed by atoms with Crippen LogP contribution in [0.5, 0.6) is 0 Å². The number of carbonyl (C=O) groups is 4. The summed E-state index contributed by atoms with van der Waals surface area (Å²) in [7, 11) is 0. The van der Waals surface area contributed by atoms with E-state index < -0.39 is 60.6 Å². The van der Waals surface area contributed by atoms with Gasteiger partial charge in [0.05, 0.1) is 18.8 Å². The largest absolute Gasteiger partial charge is 0.480 e. The van der Waals surface area contributed by atoms with Crippen LogP contribution in [0, 0.1) is 0 Å². The van der Waals surface area contributed by atoms with Gasteiger partial charge in [0.25, 0.3) is 0 Å². The van der Waals surface area contributed by atoms with Gasteiger partial charge in [0, 0.05) is 23.5 Å². The van der Waals surface area contributed by atoms with Crippen LogP contribution in [0.25, 0.3) is 10.9 Å². The van der Waals surface area contributed by atoms with Gasteiger partial charge >= 0.3 is 5.97 Å². The van der Waals surface area contributed by atoms with Crippen molar-refractivity contribution in [2.45, 2.75) is 50.0 Å². The maximum Gasteiger partial charge on any atom is 0.328 e. The Labute approximate surface area is 224 Å². The average molecular weight is 540 g/mol. The molecular weight excluding hydrogens is 506 g/mol. The molecule has 0 radical (unpaired) electrons. The quantitative estimate of drug-likeness (QED) is 0.137. The fourth-order valence-corrected chi connectivity index (χ4v) is 4.08. The molecular formula is C27H33N5O7. The van der Waals surface area contributed by atoms with E-state index in [9.17, 15) is 34.5 Å². The molecule has 0 bridgehead atoms. The van der Waals surface area contributed by atoms with Gasteiger partial charge in [-0.2, -0.15) is 0 Å². The van der Waals surface area contributed by atoms with Crippen molar-refractivity contribution in [1.82, 2.24) is 20.9 Å². The van der Waals surface area contributed by atoms with Crippen LogP contribution in [0.3, 0.4) is 0 Å². The van der Waals surface area contributed by atoms with Gasteiger partial charge in [-0.1, -0.05) is 48.5 Å². The lowest BCUT2D eigenvalue weighted by atomic mass is 10.0. The van der Waals surface area contributed by atoms with Crippen LogP contribution >= 0.6 is 0 Å². The lowest BCUT2D eigenvalue weighted by Gasteiger charge is -2.25. The summed E-state index contributed by atoms with van der Waals surface area (Å²) >= 11 is 0. The summed E-state index contributed by atoms with van der Waals surface area (Å²) in [4.78, 5) is 53.4. The Bertz CT molecular complexity index is 1290. The molecule has 3 rings (SSSR count). The number of hydrogen-bond acceptors (Lipinski definition) is 7. The number of amides is 3. The molecule has 0 aliphatic carbocycles. The lowest BCUT2D eigenvalue weighted by Crippen LogP contribution is -2.59. The van der Waals surface area contributed by atoms with Gasteiger partial charge in [0.15, 0.2) is 6.04 Å². The Morgan fingerprint density at radius 2 is 1.49 bits per heavy atom. The van der Waals surface area contributed by atoms with Crippen molar-refractivity contribution in [2.24, 2.45) is 5.73 Å². The zero-order valence-corrected chi connectivity index (χ0v) is 21.3. The highest BCUT2D eigenvalue weighted by Gasteiger charge is 2.32. The van der Waals surface area contributed by atoms with Gasteiger partial charge in [-0.3, -0.25) is 14.4 Å². The van der Waals surface area contributed by atoms with E-state index in [4.69, 9.17) is 5.73 Å². The highest BCUT2D eigenvalue weighted by atomic mass is 16.4. The molecule has 0 fully saturated rings. The van der Waals surface area contributed by atoms with Crippen molar-refractivity contribution in [3.05, 3.63) is 71.9 Å². The Hall–Kier alpha value is -4.26. The summed E-state index contributed by atoms with van der Waals surface area (Å²) < 4.78 is 0. The Balaban J connectivity index is 1.76. The number of aliphatic hydroxyl groups excluding tert-OH is 2. The SMILES string of the molecule is CC(O)C(NC(=O)C(Cc1c[nH]c2ccccc12)NC(=O)C(CO)NC(=O)C(N)Cc1ccccc1)C(=O)O. The zero-order chi connectivity index (χ0) is 28.5. The second-order valence-electron chi connectivity index (χ2n) is 9.23. The first-order chi connectivity index (χ1) is 18.6. The Morgan fingerprint density at radius 3 is 2.13 bits per heavy atom. The van der Waals surface area contributed by atoms with Crippen LogP contribution in [0.1, 0.15) is 18.1 Å². The number of benzene rings is 2. The average Bonchev–Trinajstić information content (AvgIpc) is 3.32. The summed E-state index contributed by atoms with van der Waals surface area (Å²) in [5, 5.41) is 36.9. The number of carboxylic acid groups (broad SMARTS) is 1. The van der Waals surface area contributed by atoms with Crippen molar-refractivity contribution in [1.29, 1.82) is 0 Å². The number of fused-ring (bicyclic) bond motifs is 1. The third kappa shape index (κ3) is 7.87. The van der Waals surface area contributed by atoms with Gasteiger partial charge < -0.3 is 42.0 Å². The topological polar surface area (TPSA) is 207 Å².